The Morgan fingerprint density at radius 3 is 1.97 bits per heavy atom. The maximum atomic E-state index is 12.4. The van der Waals surface area contributed by atoms with Crippen LogP contribution in [0.2, 0.25) is 0 Å². The minimum Gasteiger partial charge on any atom is -0.326 e. The summed E-state index contributed by atoms with van der Waals surface area (Å²) in [6.45, 7) is 0. The number of nitrogens with two attached hydrogens (primary N) is 1. The number of benzene rings is 4. The Morgan fingerprint density at radius 1 is 0.763 bits per heavy atom. The molecule has 0 aliphatic carbocycles. The van der Waals surface area contributed by atoms with Gasteiger partial charge in [-0.15, -0.1) is 11.3 Å². The number of nitrogens with zero attached hydrogens (tertiary/aromatic N) is 1. The number of hydrogen-bond acceptors (Lipinski definition) is 5. The molecule has 3 N–H and O–H groups in total. The molecule has 1 aromatic heterocycles. The van der Waals surface area contributed by atoms with Crippen LogP contribution in [0.3, 0.4) is 0 Å². The van der Waals surface area contributed by atoms with Gasteiger partial charge in [-0.05, 0) is 41.8 Å². The van der Waals surface area contributed by atoms with E-state index in [0.717, 1.165) is 37.8 Å². The van der Waals surface area contributed by atoms with Crippen molar-refractivity contribution in [3.05, 3.63) is 115 Å². The number of primary sulfonamides is 1. The van der Waals surface area contributed by atoms with Crippen molar-refractivity contribution in [1.29, 1.82) is 0 Å². The average molecular weight is 540 g/mol. The molecule has 0 fully saturated rings. The Kier molecular flexibility index (Phi) is 7.46. The highest BCUT2D eigenvalue weighted by atomic mass is 32.2. The summed E-state index contributed by atoms with van der Waals surface area (Å²) >= 11 is 1.67. The summed E-state index contributed by atoms with van der Waals surface area (Å²) in [7, 11) is -3.76. The average Bonchev–Trinajstić information content (AvgIpc) is 3.39. The van der Waals surface area contributed by atoms with E-state index in [1.54, 1.807) is 11.3 Å². The van der Waals surface area contributed by atoms with E-state index in [4.69, 9.17) is 10.1 Å². The molecule has 0 spiro atoms. The van der Waals surface area contributed by atoms with E-state index in [2.05, 4.69) is 29.6 Å². The van der Waals surface area contributed by atoms with E-state index in [1.165, 1.54) is 24.3 Å². The van der Waals surface area contributed by atoms with E-state index < -0.39 is 10.0 Å². The third kappa shape index (κ3) is 6.06. The fraction of sp³-hybridized carbons (Fsp3) is 0.0667. The van der Waals surface area contributed by atoms with Gasteiger partial charge in [0.25, 0.3) is 0 Å². The van der Waals surface area contributed by atoms with Crippen LogP contribution in [0, 0.1) is 0 Å². The Hall–Kier alpha value is -4.11. The molecule has 1 heterocycles. The molecule has 0 bridgehead atoms. The number of carbonyl (C=O) groups is 1. The molecule has 5 aromatic rings. The first-order chi connectivity index (χ1) is 18.4. The highest BCUT2D eigenvalue weighted by molar-refractivity contribution is 7.89. The van der Waals surface area contributed by atoms with Gasteiger partial charge in [0.1, 0.15) is 5.01 Å². The fourth-order valence-electron chi connectivity index (χ4n) is 4.04. The van der Waals surface area contributed by atoms with Crippen LogP contribution >= 0.6 is 11.3 Å². The van der Waals surface area contributed by atoms with Gasteiger partial charge in [-0.25, -0.2) is 18.5 Å². The molecule has 4 aromatic carbocycles. The number of thiazole rings is 1. The molecule has 0 saturated carbocycles. The minimum absolute atomic E-state index is 0.00241. The van der Waals surface area contributed by atoms with Gasteiger partial charge in [0.05, 0.1) is 15.5 Å². The number of rotatable bonds is 8. The van der Waals surface area contributed by atoms with Crippen molar-refractivity contribution in [3.8, 4) is 32.3 Å². The highest BCUT2D eigenvalue weighted by Crippen LogP contribution is 2.40. The lowest BCUT2D eigenvalue weighted by molar-refractivity contribution is -0.116. The number of amides is 1. The third-order valence-electron chi connectivity index (χ3n) is 6.02. The zero-order valence-electron chi connectivity index (χ0n) is 20.4. The molecule has 0 unspecified atom stereocenters. The molecular formula is C30H25N3O3S2. The lowest BCUT2D eigenvalue weighted by atomic mass is 10.1. The van der Waals surface area contributed by atoms with E-state index >= 15 is 0 Å². The second kappa shape index (κ2) is 11.1. The molecule has 8 heteroatoms. The van der Waals surface area contributed by atoms with Gasteiger partial charge in [-0.3, -0.25) is 4.79 Å². The van der Waals surface area contributed by atoms with Crippen LogP contribution in [-0.2, 0) is 21.2 Å². The fourth-order valence-corrected chi connectivity index (χ4v) is 5.66. The first-order valence-electron chi connectivity index (χ1n) is 12.0. The van der Waals surface area contributed by atoms with E-state index in [1.807, 2.05) is 60.7 Å². The van der Waals surface area contributed by atoms with Crippen LogP contribution in [0.1, 0.15) is 12.0 Å². The Balaban J connectivity index is 1.28. The van der Waals surface area contributed by atoms with Crippen LogP contribution in [0.15, 0.2) is 114 Å². The number of anilines is 1. The summed E-state index contributed by atoms with van der Waals surface area (Å²) in [5.41, 5.74) is 5.77. The molecule has 6 nitrogen and oxygen atoms in total. The highest BCUT2D eigenvalue weighted by Gasteiger charge is 2.16. The van der Waals surface area contributed by atoms with Gasteiger partial charge >= 0.3 is 0 Å². The molecule has 5 rings (SSSR count). The zero-order valence-corrected chi connectivity index (χ0v) is 22.0. The van der Waals surface area contributed by atoms with Gasteiger partial charge < -0.3 is 5.32 Å². The summed E-state index contributed by atoms with van der Waals surface area (Å²) in [6, 6.07) is 34.4. The number of aryl methyl sites for hydroxylation is 1. The van der Waals surface area contributed by atoms with Crippen molar-refractivity contribution in [3.63, 3.8) is 0 Å². The van der Waals surface area contributed by atoms with Crippen molar-refractivity contribution in [2.75, 3.05) is 5.32 Å². The Labute approximate surface area is 225 Å². The SMILES string of the molecule is NS(=O)(=O)c1ccc(NC(=O)CCc2ccc(-c3nc(-c4ccccc4)c(-c4ccccc4)s3)cc2)cc1. The molecule has 0 aliphatic heterocycles. The normalized spacial score (nSPS) is 11.3. The van der Waals surface area contributed by atoms with Gasteiger partial charge in [0.2, 0.25) is 15.9 Å². The van der Waals surface area contributed by atoms with E-state index in [-0.39, 0.29) is 10.8 Å². The number of sulfonamides is 1. The Morgan fingerprint density at radius 2 is 1.37 bits per heavy atom. The molecule has 190 valence electrons. The van der Waals surface area contributed by atoms with Gasteiger partial charge in [-0.1, -0.05) is 84.9 Å². The van der Waals surface area contributed by atoms with Gasteiger partial charge in [0.15, 0.2) is 0 Å². The first-order valence-corrected chi connectivity index (χ1v) is 14.4. The monoisotopic (exact) mass is 539 g/mol. The molecule has 0 aliphatic rings. The third-order valence-corrected chi connectivity index (χ3v) is 8.10. The van der Waals surface area contributed by atoms with Crippen molar-refractivity contribution >= 4 is 33.0 Å². The Bertz CT molecular complexity index is 1590. The minimum atomic E-state index is -3.76. The van der Waals surface area contributed by atoms with E-state index in [0.29, 0.717) is 18.5 Å². The quantitative estimate of drug-likeness (QED) is 0.239. The first kappa shape index (κ1) is 25.5. The summed E-state index contributed by atoms with van der Waals surface area (Å²) in [5.74, 6) is -0.155. The van der Waals surface area contributed by atoms with Gasteiger partial charge in [-0.2, -0.15) is 0 Å². The smallest absolute Gasteiger partial charge is 0.238 e. The van der Waals surface area contributed by atoms with Gasteiger partial charge in [0, 0.05) is 23.2 Å². The topological polar surface area (TPSA) is 102 Å². The molecule has 0 saturated heterocycles. The van der Waals surface area contributed by atoms with Crippen LogP contribution < -0.4 is 10.5 Å². The van der Waals surface area contributed by atoms with Crippen LogP contribution in [0.25, 0.3) is 32.3 Å². The van der Waals surface area contributed by atoms with Crippen molar-refractivity contribution in [1.82, 2.24) is 4.98 Å². The second-order valence-electron chi connectivity index (χ2n) is 8.74. The zero-order chi connectivity index (χ0) is 26.5. The lowest BCUT2D eigenvalue weighted by Crippen LogP contribution is -2.14. The summed E-state index contributed by atoms with van der Waals surface area (Å²) < 4.78 is 22.8. The second-order valence-corrected chi connectivity index (χ2v) is 11.3. The molecule has 0 radical (unpaired) electrons. The maximum Gasteiger partial charge on any atom is 0.238 e. The van der Waals surface area contributed by atoms with Crippen LogP contribution in [0.4, 0.5) is 5.69 Å². The summed E-state index contributed by atoms with van der Waals surface area (Å²) in [6.07, 6.45) is 0.869. The molecule has 38 heavy (non-hydrogen) atoms. The number of carbonyl (C=O) groups excluding carboxylic acids is 1. The standard InChI is InChI=1S/C30H25N3O3S2/c31-38(35,36)26-18-16-25(17-19-26)32-27(34)20-13-21-11-14-24(15-12-21)30-33-28(22-7-3-1-4-8-22)29(37-30)23-9-5-2-6-10-23/h1-12,14-19H,13,20H2,(H,32,34)(H2,31,35,36). The van der Waals surface area contributed by atoms with Crippen molar-refractivity contribution in [2.45, 2.75) is 17.7 Å². The number of aromatic nitrogens is 1. The van der Waals surface area contributed by atoms with Crippen molar-refractivity contribution in [2.24, 2.45) is 5.14 Å². The summed E-state index contributed by atoms with van der Waals surface area (Å²) in [5, 5.41) is 8.84. The largest absolute Gasteiger partial charge is 0.326 e. The lowest BCUT2D eigenvalue weighted by Gasteiger charge is -2.07. The van der Waals surface area contributed by atoms with Crippen LogP contribution in [-0.4, -0.2) is 19.3 Å². The van der Waals surface area contributed by atoms with Crippen molar-refractivity contribution < 1.29 is 13.2 Å². The number of nitrogens with one attached hydrogen (secondary N) is 1. The molecular weight excluding hydrogens is 514 g/mol. The maximum absolute atomic E-state index is 12.4. The van der Waals surface area contributed by atoms with E-state index in [9.17, 15) is 13.2 Å². The number of hydrogen-bond donors (Lipinski definition) is 2. The summed E-state index contributed by atoms with van der Waals surface area (Å²) in [4.78, 5) is 18.5. The molecule has 0 atom stereocenters. The predicted octanol–water partition coefficient (Wildman–Crippen LogP) is 6.36. The molecule has 1 amide bonds. The van der Waals surface area contributed by atoms with Crippen LogP contribution in [0.5, 0.6) is 0 Å². The predicted molar refractivity (Wildman–Crippen MR) is 153 cm³/mol.